The third-order valence-corrected chi connectivity index (χ3v) is 5.58. The molecule has 6 heteroatoms. The molecular formula is C18H27N3O3. The van der Waals surface area contributed by atoms with Crippen LogP contribution in [0.2, 0.25) is 0 Å². The Balaban J connectivity index is 1.32. The molecule has 132 valence electrons. The average molecular weight is 333 g/mol. The van der Waals surface area contributed by atoms with Crippen molar-refractivity contribution >= 4 is 5.91 Å². The lowest BCUT2D eigenvalue weighted by Gasteiger charge is -2.43. The summed E-state index contributed by atoms with van der Waals surface area (Å²) in [5.74, 6) is 2.13. The van der Waals surface area contributed by atoms with Crippen LogP contribution in [-0.2, 0) is 16.1 Å². The highest BCUT2D eigenvalue weighted by molar-refractivity contribution is 5.87. The van der Waals surface area contributed by atoms with Crippen molar-refractivity contribution in [3.05, 3.63) is 23.7 Å². The molecule has 4 rings (SSSR count). The zero-order valence-electron chi connectivity index (χ0n) is 14.2. The van der Waals surface area contributed by atoms with Crippen molar-refractivity contribution in [1.82, 2.24) is 15.5 Å². The summed E-state index contributed by atoms with van der Waals surface area (Å²) in [5.41, 5.74) is -0.348. The van der Waals surface area contributed by atoms with Gasteiger partial charge in [0.05, 0.1) is 6.54 Å². The first-order valence-electron chi connectivity index (χ1n) is 9.21. The van der Waals surface area contributed by atoms with E-state index in [1.807, 2.05) is 0 Å². The van der Waals surface area contributed by atoms with Gasteiger partial charge in [0, 0.05) is 32.8 Å². The number of nitrogens with one attached hydrogen (secondary N) is 2. The third-order valence-electron chi connectivity index (χ3n) is 5.58. The van der Waals surface area contributed by atoms with Gasteiger partial charge in [-0.15, -0.1) is 0 Å². The molecule has 3 aliphatic rings. The predicted octanol–water partition coefficient (Wildman–Crippen LogP) is 1.58. The van der Waals surface area contributed by atoms with Crippen molar-refractivity contribution in [2.45, 2.75) is 50.3 Å². The van der Waals surface area contributed by atoms with Crippen LogP contribution < -0.4 is 10.6 Å². The lowest BCUT2D eigenvalue weighted by atomic mass is 9.85. The number of piperazine rings is 1. The summed E-state index contributed by atoms with van der Waals surface area (Å²) in [6.07, 6.45) is 5.27. The maximum Gasteiger partial charge on any atom is 0.240 e. The summed E-state index contributed by atoms with van der Waals surface area (Å²) in [5, 5.41) is 6.43. The number of furan rings is 1. The minimum Gasteiger partial charge on any atom is -0.462 e. The maximum absolute atomic E-state index is 12.2. The standard InChI is InChI=1S/C18H27N3O3/c22-17-18(20-9-8-19-17)6-10-21(11-7-18)13-14-4-5-16(24-14)15-3-1-2-12-23-15/h4-5,15,20H,1-3,6-13H2,(H,19,22). The molecule has 1 aromatic rings. The van der Waals surface area contributed by atoms with Crippen LogP contribution in [0.25, 0.3) is 0 Å². The number of carbonyl (C=O) groups excluding carboxylic acids is 1. The van der Waals surface area contributed by atoms with Crippen molar-refractivity contribution in [1.29, 1.82) is 0 Å². The zero-order chi connectivity index (χ0) is 16.4. The van der Waals surface area contributed by atoms with Gasteiger partial charge in [-0.1, -0.05) is 0 Å². The van der Waals surface area contributed by atoms with Crippen molar-refractivity contribution in [2.24, 2.45) is 0 Å². The maximum atomic E-state index is 12.2. The normalized spacial score (nSPS) is 28.0. The summed E-state index contributed by atoms with van der Waals surface area (Å²) in [6.45, 7) is 5.08. The smallest absolute Gasteiger partial charge is 0.240 e. The van der Waals surface area contributed by atoms with E-state index in [0.717, 1.165) is 76.5 Å². The highest BCUT2D eigenvalue weighted by Crippen LogP contribution is 2.30. The van der Waals surface area contributed by atoms with E-state index in [-0.39, 0.29) is 17.6 Å². The Morgan fingerprint density at radius 3 is 2.83 bits per heavy atom. The summed E-state index contributed by atoms with van der Waals surface area (Å²) in [7, 11) is 0. The Kier molecular flexibility index (Phi) is 4.61. The van der Waals surface area contributed by atoms with E-state index in [9.17, 15) is 4.79 Å². The number of hydrogen-bond donors (Lipinski definition) is 2. The Morgan fingerprint density at radius 2 is 2.08 bits per heavy atom. The molecule has 0 saturated carbocycles. The molecule has 3 saturated heterocycles. The molecule has 0 aliphatic carbocycles. The van der Waals surface area contributed by atoms with E-state index in [1.165, 1.54) is 6.42 Å². The first kappa shape index (κ1) is 16.1. The minimum atomic E-state index is -0.348. The lowest BCUT2D eigenvalue weighted by Crippen LogP contribution is -2.66. The van der Waals surface area contributed by atoms with Crippen LogP contribution in [0, 0.1) is 0 Å². The van der Waals surface area contributed by atoms with Gasteiger partial charge in [0.25, 0.3) is 0 Å². The monoisotopic (exact) mass is 333 g/mol. The number of rotatable bonds is 3. The van der Waals surface area contributed by atoms with E-state index in [0.29, 0.717) is 0 Å². The van der Waals surface area contributed by atoms with Crippen LogP contribution >= 0.6 is 0 Å². The van der Waals surface area contributed by atoms with Gasteiger partial charge in [-0.25, -0.2) is 0 Å². The molecule has 0 radical (unpaired) electrons. The fraction of sp³-hybridized carbons (Fsp3) is 0.722. The zero-order valence-corrected chi connectivity index (χ0v) is 14.2. The van der Waals surface area contributed by atoms with Gasteiger partial charge >= 0.3 is 0 Å². The van der Waals surface area contributed by atoms with Gasteiger partial charge in [0.2, 0.25) is 5.91 Å². The molecule has 4 heterocycles. The summed E-state index contributed by atoms with van der Waals surface area (Å²) in [4.78, 5) is 14.6. The number of carbonyl (C=O) groups is 1. The highest BCUT2D eigenvalue weighted by Gasteiger charge is 2.42. The molecular weight excluding hydrogens is 306 g/mol. The number of hydrogen-bond acceptors (Lipinski definition) is 5. The first-order valence-corrected chi connectivity index (χ1v) is 9.21. The molecule has 0 bridgehead atoms. The Morgan fingerprint density at radius 1 is 1.21 bits per heavy atom. The van der Waals surface area contributed by atoms with E-state index in [2.05, 4.69) is 27.7 Å². The molecule has 1 unspecified atom stereocenters. The van der Waals surface area contributed by atoms with Gasteiger partial charge in [-0.3, -0.25) is 9.69 Å². The SMILES string of the molecule is O=C1NCCNC12CCN(Cc1ccc(C3CCCCO3)o1)CC2. The van der Waals surface area contributed by atoms with E-state index in [1.54, 1.807) is 0 Å². The van der Waals surface area contributed by atoms with Crippen LogP contribution in [0.5, 0.6) is 0 Å². The van der Waals surface area contributed by atoms with Crippen LogP contribution in [0.4, 0.5) is 0 Å². The largest absolute Gasteiger partial charge is 0.462 e. The number of likely N-dealkylation sites (tertiary alicyclic amines) is 1. The summed E-state index contributed by atoms with van der Waals surface area (Å²) < 4.78 is 11.8. The third kappa shape index (κ3) is 3.23. The van der Waals surface area contributed by atoms with E-state index in [4.69, 9.17) is 9.15 Å². The molecule has 0 aromatic carbocycles. The van der Waals surface area contributed by atoms with Gasteiger partial charge in [0.15, 0.2) is 0 Å². The quantitative estimate of drug-likeness (QED) is 0.879. The molecule has 1 spiro atoms. The second-order valence-corrected chi connectivity index (χ2v) is 7.20. The molecule has 24 heavy (non-hydrogen) atoms. The Labute approximate surface area is 142 Å². The second kappa shape index (κ2) is 6.86. The Hall–Kier alpha value is -1.37. The fourth-order valence-corrected chi connectivity index (χ4v) is 4.06. The molecule has 1 atom stereocenters. The van der Waals surface area contributed by atoms with E-state index < -0.39 is 0 Å². The van der Waals surface area contributed by atoms with Gasteiger partial charge < -0.3 is 19.8 Å². The van der Waals surface area contributed by atoms with Crippen molar-refractivity contribution in [2.75, 3.05) is 32.8 Å². The predicted molar refractivity (Wildman–Crippen MR) is 89.5 cm³/mol. The topological polar surface area (TPSA) is 66.7 Å². The van der Waals surface area contributed by atoms with Gasteiger partial charge in [-0.2, -0.15) is 0 Å². The van der Waals surface area contributed by atoms with Crippen LogP contribution in [0.15, 0.2) is 16.5 Å². The second-order valence-electron chi connectivity index (χ2n) is 7.20. The van der Waals surface area contributed by atoms with E-state index >= 15 is 0 Å². The lowest BCUT2D eigenvalue weighted by molar-refractivity contribution is -0.131. The molecule has 3 fully saturated rings. The first-order chi connectivity index (χ1) is 11.8. The highest BCUT2D eigenvalue weighted by atomic mass is 16.5. The number of nitrogens with zero attached hydrogens (tertiary/aromatic N) is 1. The van der Waals surface area contributed by atoms with Crippen LogP contribution in [0.1, 0.15) is 49.7 Å². The molecule has 1 aromatic heterocycles. The van der Waals surface area contributed by atoms with Crippen molar-refractivity contribution in [3.8, 4) is 0 Å². The number of ether oxygens (including phenoxy) is 1. The fourth-order valence-electron chi connectivity index (χ4n) is 4.06. The Bertz CT molecular complexity index is 572. The number of piperidine rings is 1. The summed E-state index contributed by atoms with van der Waals surface area (Å²) in [6, 6.07) is 4.14. The molecule has 6 nitrogen and oxygen atoms in total. The van der Waals surface area contributed by atoms with Crippen molar-refractivity contribution < 1.29 is 13.9 Å². The molecule has 1 amide bonds. The van der Waals surface area contributed by atoms with Crippen molar-refractivity contribution in [3.63, 3.8) is 0 Å². The number of amides is 1. The van der Waals surface area contributed by atoms with Crippen LogP contribution in [0.3, 0.4) is 0 Å². The molecule has 3 aliphatic heterocycles. The minimum absolute atomic E-state index is 0.132. The average Bonchev–Trinajstić information content (AvgIpc) is 3.09. The summed E-state index contributed by atoms with van der Waals surface area (Å²) >= 11 is 0. The molecule has 2 N–H and O–H groups in total. The van der Waals surface area contributed by atoms with Crippen LogP contribution in [-0.4, -0.2) is 49.1 Å². The van der Waals surface area contributed by atoms with Gasteiger partial charge in [-0.05, 0) is 44.2 Å². The van der Waals surface area contributed by atoms with Gasteiger partial charge in [0.1, 0.15) is 23.2 Å².